The highest BCUT2D eigenvalue weighted by Gasteiger charge is 2.37. The fraction of sp³-hybridized carbons (Fsp3) is 0.571. The molecule has 0 bridgehead atoms. The van der Waals surface area contributed by atoms with Crippen molar-refractivity contribution >= 4 is 21.4 Å². The van der Waals surface area contributed by atoms with E-state index in [1.54, 1.807) is 17.5 Å². The average Bonchev–Trinajstić information content (AvgIpc) is 3.19. The largest absolute Gasteiger partial charge is 0.338 e. The van der Waals surface area contributed by atoms with Gasteiger partial charge in [0.1, 0.15) is 10.3 Å². The second-order valence-corrected chi connectivity index (χ2v) is 8.42. The maximum atomic E-state index is 12.8. The molecule has 3 rings (SSSR count). The summed E-state index contributed by atoms with van der Waals surface area (Å²) in [6.45, 7) is 2.54. The van der Waals surface area contributed by atoms with Crippen LogP contribution in [0.15, 0.2) is 26.2 Å². The fourth-order valence-electron chi connectivity index (χ4n) is 2.69. The predicted molar refractivity (Wildman–Crippen MR) is 83.1 cm³/mol. The molecule has 0 aliphatic carbocycles. The van der Waals surface area contributed by atoms with Gasteiger partial charge >= 0.3 is 0 Å². The number of hydrogen-bond acceptors (Lipinski definition) is 6. The third-order valence-electron chi connectivity index (χ3n) is 3.75. The van der Waals surface area contributed by atoms with Crippen LogP contribution in [0.2, 0.25) is 0 Å². The van der Waals surface area contributed by atoms with Crippen molar-refractivity contribution < 1.29 is 12.9 Å². The van der Waals surface area contributed by atoms with Gasteiger partial charge in [-0.3, -0.25) is 0 Å². The Labute approximate surface area is 134 Å². The van der Waals surface area contributed by atoms with Gasteiger partial charge in [0, 0.05) is 13.0 Å². The summed E-state index contributed by atoms with van der Waals surface area (Å²) in [6.07, 6.45) is 4.22. The number of aryl methyl sites for hydroxylation is 1. The second kappa shape index (κ2) is 6.47. The van der Waals surface area contributed by atoms with Crippen molar-refractivity contribution in [1.82, 2.24) is 14.4 Å². The lowest BCUT2D eigenvalue weighted by Gasteiger charge is -2.31. The number of piperidine rings is 1. The highest BCUT2D eigenvalue weighted by atomic mass is 32.2. The van der Waals surface area contributed by atoms with Gasteiger partial charge in [0.2, 0.25) is 5.89 Å². The lowest BCUT2D eigenvalue weighted by molar-refractivity contribution is 0.204. The summed E-state index contributed by atoms with van der Waals surface area (Å²) in [5, 5.41) is 5.73. The van der Waals surface area contributed by atoms with Gasteiger partial charge in [0.15, 0.2) is 5.82 Å². The maximum absolute atomic E-state index is 12.8. The molecule has 8 heteroatoms. The molecular weight excluding hydrogens is 322 g/mol. The van der Waals surface area contributed by atoms with E-state index in [0.717, 1.165) is 32.1 Å². The first-order valence-corrected chi connectivity index (χ1v) is 9.82. The van der Waals surface area contributed by atoms with Crippen LogP contribution in [0.3, 0.4) is 0 Å². The molecule has 1 saturated heterocycles. The molecule has 0 aromatic carbocycles. The zero-order chi connectivity index (χ0) is 15.6. The Bertz CT molecular complexity index is 710. The van der Waals surface area contributed by atoms with Gasteiger partial charge in [-0.25, -0.2) is 8.42 Å². The van der Waals surface area contributed by atoms with E-state index in [9.17, 15) is 8.42 Å². The van der Waals surface area contributed by atoms with Crippen molar-refractivity contribution in [3.63, 3.8) is 0 Å². The molecule has 0 amide bonds. The minimum Gasteiger partial charge on any atom is -0.338 e. The molecule has 120 valence electrons. The van der Waals surface area contributed by atoms with Crippen LogP contribution in [0.1, 0.15) is 50.4 Å². The SMILES string of the molecule is CCCc1noc([C@@H]2CCCCN2S(=O)(=O)c2cccs2)n1. The summed E-state index contributed by atoms with van der Waals surface area (Å²) >= 11 is 1.24. The Morgan fingerprint density at radius 2 is 2.32 bits per heavy atom. The maximum Gasteiger partial charge on any atom is 0.253 e. The molecule has 0 N–H and O–H groups in total. The summed E-state index contributed by atoms with van der Waals surface area (Å²) in [5.41, 5.74) is 0. The highest BCUT2D eigenvalue weighted by Crippen LogP contribution is 2.35. The highest BCUT2D eigenvalue weighted by molar-refractivity contribution is 7.91. The van der Waals surface area contributed by atoms with Gasteiger partial charge < -0.3 is 4.52 Å². The molecule has 1 fully saturated rings. The topological polar surface area (TPSA) is 76.3 Å². The zero-order valence-electron chi connectivity index (χ0n) is 12.4. The Kier molecular flexibility index (Phi) is 4.60. The number of aromatic nitrogens is 2. The lowest BCUT2D eigenvalue weighted by atomic mass is 10.1. The lowest BCUT2D eigenvalue weighted by Crippen LogP contribution is -2.38. The summed E-state index contributed by atoms with van der Waals surface area (Å²) in [5.74, 6) is 1.07. The van der Waals surface area contributed by atoms with Gasteiger partial charge in [-0.1, -0.05) is 24.6 Å². The summed E-state index contributed by atoms with van der Waals surface area (Å²) in [6, 6.07) is 3.05. The first kappa shape index (κ1) is 15.6. The van der Waals surface area contributed by atoms with E-state index in [-0.39, 0.29) is 6.04 Å². The summed E-state index contributed by atoms with van der Waals surface area (Å²) in [7, 11) is -3.49. The number of rotatable bonds is 5. The Morgan fingerprint density at radius 1 is 1.45 bits per heavy atom. The number of nitrogens with zero attached hydrogens (tertiary/aromatic N) is 3. The predicted octanol–water partition coefficient (Wildman–Crippen LogP) is 3.00. The Hall–Kier alpha value is -1.25. The van der Waals surface area contributed by atoms with E-state index in [2.05, 4.69) is 10.1 Å². The molecule has 1 aliphatic heterocycles. The quantitative estimate of drug-likeness (QED) is 0.835. The minimum atomic E-state index is -3.49. The van der Waals surface area contributed by atoms with Crippen LogP contribution >= 0.6 is 11.3 Å². The average molecular weight is 341 g/mol. The van der Waals surface area contributed by atoms with Crippen molar-refractivity contribution in [3.05, 3.63) is 29.2 Å². The van der Waals surface area contributed by atoms with Gasteiger partial charge in [-0.2, -0.15) is 9.29 Å². The molecule has 0 spiro atoms. The molecular formula is C14H19N3O3S2. The molecule has 22 heavy (non-hydrogen) atoms. The minimum absolute atomic E-state index is 0.348. The molecule has 2 aromatic rings. The smallest absolute Gasteiger partial charge is 0.253 e. The normalized spacial score (nSPS) is 20.3. The summed E-state index contributed by atoms with van der Waals surface area (Å²) < 4.78 is 32.8. The van der Waals surface area contributed by atoms with Crippen LogP contribution < -0.4 is 0 Å². The van der Waals surface area contributed by atoms with E-state index in [0.29, 0.717) is 22.5 Å². The van der Waals surface area contributed by atoms with Crippen molar-refractivity contribution in [2.75, 3.05) is 6.54 Å². The molecule has 3 heterocycles. The van der Waals surface area contributed by atoms with E-state index in [4.69, 9.17) is 4.52 Å². The van der Waals surface area contributed by atoms with Gasteiger partial charge in [0.05, 0.1) is 0 Å². The molecule has 0 unspecified atom stereocenters. The van der Waals surface area contributed by atoms with Crippen molar-refractivity contribution in [1.29, 1.82) is 0 Å². The summed E-state index contributed by atoms with van der Waals surface area (Å²) in [4.78, 5) is 4.39. The molecule has 1 aliphatic rings. The Balaban J connectivity index is 1.91. The van der Waals surface area contributed by atoms with Crippen molar-refractivity contribution in [2.24, 2.45) is 0 Å². The first-order chi connectivity index (χ1) is 10.6. The van der Waals surface area contributed by atoms with Crippen LogP contribution in [0.4, 0.5) is 0 Å². The molecule has 2 aromatic heterocycles. The van der Waals surface area contributed by atoms with Crippen LogP contribution in [-0.4, -0.2) is 29.4 Å². The fourth-order valence-corrected chi connectivity index (χ4v) is 5.46. The molecule has 6 nitrogen and oxygen atoms in total. The van der Waals surface area contributed by atoms with E-state index in [1.807, 2.05) is 6.92 Å². The van der Waals surface area contributed by atoms with Gasteiger partial charge in [-0.05, 0) is 30.7 Å². The third kappa shape index (κ3) is 2.95. The standard InChI is InChI=1S/C14H19N3O3S2/c1-2-6-12-15-14(20-16-12)11-7-3-4-9-17(11)22(18,19)13-8-5-10-21-13/h5,8,10-11H,2-4,6-7,9H2,1H3/t11-/m0/s1. The van der Waals surface area contributed by atoms with E-state index >= 15 is 0 Å². The van der Waals surface area contributed by atoms with Crippen molar-refractivity contribution in [2.45, 2.75) is 49.3 Å². The second-order valence-electron chi connectivity index (χ2n) is 5.36. The van der Waals surface area contributed by atoms with Gasteiger partial charge in [-0.15, -0.1) is 11.3 Å². The van der Waals surface area contributed by atoms with E-state index in [1.165, 1.54) is 15.6 Å². The van der Waals surface area contributed by atoms with Crippen LogP contribution in [0, 0.1) is 0 Å². The van der Waals surface area contributed by atoms with Crippen molar-refractivity contribution in [3.8, 4) is 0 Å². The van der Waals surface area contributed by atoms with E-state index < -0.39 is 10.0 Å². The zero-order valence-corrected chi connectivity index (χ0v) is 14.1. The van der Waals surface area contributed by atoms with Crippen LogP contribution in [-0.2, 0) is 16.4 Å². The number of thiophene rings is 1. The molecule has 1 atom stereocenters. The van der Waals surface area contributed by atoms with Crippen LogP contribution in [0.25, 0.3) is 0 Å². The number of hydrogen-bond donors (Lipinski definition) is 0. The monoisotopic (exact) mass is 341 g/mol. The Morgan fingerprint density at radius 3 is 3.05 bits per heavy atom. The van der Waals surface area contributed by atoms with Crippen LogP contribution in [0.5, 0.6) is 0 Å². The molecule has 0 saturated carbocycles. The third-order valence-corrected chi connectivity index (χ3v) is 7.04. The number of sulfonamides is 1. The molecule has 0 radical (unpaired) electrons. The first-order valence-electron chi connectivity index (χ1n) is 7.50. The van der Waals surface area contributed by atoms with Gasteiger partial charge in [0.25, 0.3) is 10.0 Å².